The molecular formula is C20H20N4O7S3. The Kier molecular flexibility index (Phi) is 6.29. The highest BCUT2D eigenvalue weighted by molar-refractivity contribution is 8.04. The fourth-order valence-electron chi connectivity index (χ4n) is 4.08. The monoisotopic (exact) mass is 524 g/mol. The molecule has 1 aromatic carbocycles. The molecule has 0 unspecified atom stereocenters. The third-order valence-electron chi connectivity index (χ3n) is 5.66. The van der Waals surface area contributed by atoms with E-state index >= 15 is 0 Å². The molecule has 180 valence electrons. The van der Waals surface area contributed by atoms with Crippen molar-refractivity contribution in [3.63, 3.8) is 0 Å². The van der Waals surface area contributed by atoms with Gasteiger partial charge in [-0.05, 0) is 31.2 Å². The number of carboxylic acid groups (broad SMARTS) is 1. The Bertz CT molecular complexity index is 1320. The summed E-state index contributed by atoms with van der Waals surface area (Å²) in [5.41, 5.74) is 0.305. The molecule has 0 bridgehead atoms. The normalized spacial score (nSPS) is 22.9. The number of carbonyl (C=O) groups is 3. The van der Waals surface area contributed by atoms with Crippen molar-refractivity contribution >= 4 is 56.6 Å². The average molecular weight is 525 g/mol. The molecular weight excluding hydrogens is 504 g/mol. The topological polar surface area (TPSA) is 180 Å². The summed E-state index contributed by atoms with van der Waals surface area (Å²) < 4.78 is 23.1. The van der Waals surface area contributed by atoms with Gasteiger partial charge in [-0.25, -0.2) is 23.3 Å². The number of hydrogen-bond acceptors (Lipinski definition) is 9. The number of aromatic nitrogens is 1. The Morgan fingerprint density at radius 1 is 1.29 bits per heavy atom. The van der Waals surface area contributed by atoms with Gasteiger partial charge < -0.3 is 20.4 Å². The van der Waals surface area contributed by atoms with Gasteiger partial charge in [0.15, 0.2) is 4.34 Å². The number of aliphatic hydroxyl groups is 1. The number of anilines is 1. The molecule has 2 aromatic rings. The van der Waals surface area contributed by atoms with Gasteiger partial charge in [-0.15, -0.1) is 11.3 Å². The second-order valence-corrected chi connectivity index (χ2v) is 11.6. The summed E-state index contributed by atoms with van der Waals surface area (Å²) in [6.07, 6.45) is -0.898. The van der Waals surface area contributed by atoms with Crippen LogP contribution in [0.1, 0.15) is 24.3 Å². The first-order valence-corrected chi connectivity index (χ1v) is 13.2. The Hall–Kier alpha value is -2.78. The zero-order valence-electron chi connectivity index (χ0n) is 17.8. The Labute approximate surface area is 202 Å². The van der Waals surface area contributed by atoms with E-state index in [9.17, 15) is 33.0 Å². The van der Waals surface area contributed by atoms with Crippen LogP contribution < -0.4 is 10.5 Å². The van der Waals surface area contributed by atoms with Crippen molar-refractivity contribution < 1.29 is 33.0 Å². The van der Waals surface area contributed by atoms with E-state index in [1.54, 1.807) is 6.92 Å². The quantitative estimate of drug-likeness (QED) is 0.388. The maximum atomic E-state index is 12.6. The van der Waals surface area contributed by atoms with Crippen LogP contribution in [0.15, 0.2) is 49.5 Å². The van der Waals surface area contributed by atoms with Gasteiger partial charge in [0.1, 0.15) is 11.4 Å². The lowest BCUT2D eigenvalue weighted by Crippen LogP contribution is -2.63. The summed E-state index contributed by atoms with van der Waals surface area (Å²) in [6, 6.07) is 4.87. The molecule has 2 aliphatic rings. The number of thiazole rings is 1. The third kappa shape index (κ3) is 4.22. The van der Waals surface area contributed by atoms with Crippen LogP contribution in [0.2, 0.25) is 0 Å². The average Bonchev–Trinajstić information content (AvgIpc) is 3.30. The Morgan fingerprint density at radius 3 is 2.50 bits per heavy atom. The standard InChI is InChI=1S/C20H20N4O7S3/c1-8-14-13(9(2)25)18(27)24(14)15(19(28)29)16(8)33-20-23-12(7-32-20)17(26)22-10-3-5-11(6-4-10)34(21,30)31/h3-9,13-14,25H,1-2H3,(H,22,26)(H,28,29)(H2,21,30,31)/t8-,9-,13-,14-/m1/s1. The molecule has 3 heterocycles. The van der Waals surface area contributed by atoms with Crippen LogP contribution in [-0.4, -0.2) is 58.4 Å². The number of rotatable bonds is 7. The number of carboxylic acids is 1. The van der Waals surface area contributed by atoms with Crippen LogP contribution in [0.25, 0.3) is 0 Å². The fourth-order valence-corrected chi connectivity index (χ4v) is 6.67. The number of primary sulfonamides is 1. The van der Waals surface area contributed by atoms with Crippen molar-refractivity contribution in [2.45, 2.75) is 35.2 Å². The molecule has 0 radical (unpaired) electrons. The molecule has 1 aromatic heterocycles. The number of nitrogens with zero attached hydrogens (tertiary/aromatic N) is 2. The molecule has 1 saturated heterocycles. The SMILES string of the molecule is C[C@@H](O)[C@H]1C(=O)N2C(C(=O)O)=C(Sc3nc(C(=O)Nc4ccc(S(N)(=O)=O)cc4)cs3)[C@H](C)[C@H]12. The minimum Gasteiger partial charge on any atom is -0.477 e. The number of aliphatic hydroxyl groups excluding tert-OH is 1. The molecule has 11 nitrogen and oxygen atoms in total. The van der Waals surface area contributed by atoms with Crippen LogP contribution in [0.4, 0.5) is 5.69 Å². The zero-order valence-corrected chi connectivity index (χ0v) is 20.3. The van der Waals surface area contributed by atoms with E-state index in [4.69, 9.17) is 5.14 Å². The molecule has 2 aliphatic heterocycles. The van der Waals surface area contributed by atoms with Gasteiger partial charge in [0.25, 0.3) is 5.91 Å². The molecule has 0 spiro atoms. The van der Waals surface area contributed by atoms with E-state index in [1.165, 1.54) is 41.5 Å². The van der Waals surface area contributed by atoms with E-state index in [2.05, 4.69) is 10.3 Å². The number of carbonyl (C=O) groups excluding carboxylic acids is 2. The van der Waals surface area contributed by atoms with E-state index in [-0.39, 0.29) is 22.2 Å². The first kappa shape index (κ1) is 24.3. The number of hydrogen-bond donors (Lipinski definition) is 4. The van der Waals surface area contributed by atoms with Crippen molar-refractivity contribution in [1.82, 2.24) is 9.88 Å². The number of β-lactam (4-membered cyclic amide) rings is 1. The maximum absolute atomic E-state index is 12.6. The molecule has 5 N–H and O–H groups in total. The number of nitrogens with one attached hydrogen (secondary N) is 1. The lowest BCUT2D eigenvalue weighted by atomic mass is 9.79. The second kappa shape index (κ2) is 8.78. The fraction of sp³-hybridized carbons (Fsp3) is 0.300. The minimum atomic E-state index is -3.85. The number of nitrogens with two attached hydrogens (primary N) is 1. The lowest BCUT2D eigenvalue weighted by molar-refractivity contribution is -0.163. The van der Waals surface area contributed by atoms with Crippen molar-refractivity contribution in [2.75, 3.05) is 5.32 Å². The van der Waals surface area contributed by atoms with Crippen LogP contribution >= 0.6 is 23.1 Å². The Morgan fingerprint density at radius 2 is 1.94 bits per heavy atom. The summed E-state index contributed by atoms with van der Waals surface area (Å²) >= 11 is 2.22. The molecule has 0 saturated carbocycles. The third-order valence-corrected chi connectivity index (χ3v) is 8.82. The van der Waals surface area contributed by atoms with E-state index in [0.717, 1.165) is 23.1 Å². The molecule has 14 heteroatoms. The van der Waals surface area contributed by atoms with Gasteiger partial charge in [-0.2, -0.15) is 0 Å². The van der Waals surface area contributed by atoms with Crippen molar-refractivity contribution in [1.29, 1.82) is 0 Å². The van der Waals surface area contributed by atoms with Crippen molar-refractivity contribution in [2.24, 2.45) is 17.0 Å². The molecule has 4 atom stereocenters. The van der Waals surface area contributed by atoms with E-state index in [1.807, 2.05) is 0 Å². The first-order chi connectivity index (χ1) is 15.9. The van der Waals surface area contributed by atoms with Crippen molar-refractivity contribution in [3.05, 3.63) is 45.9 Å². The number of thioether (sulfide) groups is 1. The number of fused-ring (bicyclic) bond motifs is 1. The van der Waals surface area contributed by atoms with Gasteiger partial charge in [-0.1, -0.05) is 18.7 Å². The minimum absolute atomic E-state index is 0.0901. The summed E-state index contributed by atoms with van der Waals surface area (Å²) in [5.74, 6) is -3.20. The maximum Gasteiger partial charge on any atom is 0.353 e. The van der Waals surface area contributed by atoms with Crippen LogP contribution in [0.3, 0.4) is 0 Å². The Balaban J connectivity index is 1.51. The molecule has 1 fully saturated rings. The number of benzene rings is 1. The second-order valence-electron chi connectivity index (χ2n) is 7.90. The van der Waals surface area contributed by atoms with Gasteiger partial charge in [0.05, 0.1) is 23.0 Å². The van der Waals surface area contributed by atoms with Gasteiger partial charge >= 0.3 is 5.97 Å². The summed E-state index contributed by atoms with van der Waals surface area (Å²) in [5, 5.41) is 28.8. The van der Waals surface area contributed by atoms with Crippen LogP contribution in [-0.2, 0) is 19.6 Å². The van der Waals surface area contributed by atoms with E-state index in [0.29, 0.717) is 14.9 Å². The van der Waals surface area contributed by atoms with Crippen LogP contribution in [0, 0.1) is 11.8 Å². The predicted octanol–water partition coefficient (Wildman–Crippen LogP) is 1.29. The predicted molar refractivity (Wildman–Crippen MR) is 123 cm³/mol. The van der Waals surface area contributed by atoms with E-state index < -0.39 is 45.9 Å². The summed E-state index contributed by atoms with van der Waals surface area (Å²) in [4.78, 5) is 42.7. The highest BCUT2D eigenvalue weighted by Crippen LogP contribution is 2.52. The molecule has 2 amide bonds. The zero-order chi connectivity index (χ0) is 24.9. The highest BCUT2D eigenvalue weighted by atomic mass is 32.2. The first-order valence-electron chi connectivity index (χ1n) is 9.96. The smallest absolute Gasteiger partial charge is 0.353 e. The number of amides is 2. The highest BCUT2D eigenvalue weighted by Gasteiger charge is 2.60. The van der Waals surface area contributed by atoms with Gasteiger partial charge in [0.2, 0.25) is 15.9 Å². The lowest BCUT2D eigenvalue weighted by Gasteiger charge is -2.46. The van der Waals surface area contributed by atoms with Crippen molar-refractivity contribution in [3.8, 4) is 0 Å². The summed E-state index contributed by atoms with van der Waals surface area (Å²) in [7, 11) is -3.85. The largest absolute Gasteiger partial charge is 0.477 e. The molecule has 4 rings (SSSR count). The van der Waals surface area contributed by atoms with Gasteiger partial charge in [0, 0.05) is 21.9 Å². The summed E-state index contributed by atoms with van der Waals surface area (Å²) in [6.45, 7) is 3.30. The van der Waals surface area contributed by atoms with Crippen LogP contribution in [0.5, 0.6) is 0 Å². The number of sulfonamides is 1. The number of aliphatic carboxylic acids is 1. The molecule has 34 heavy (non-hydrogen) atoms. The molecule has 0 aliphatic carbocycles. The van der Waals surface area contributed by atoms with Gasteiger partial charge in [-0.3, -0.25) is 9.59 Å².